The van der Waals surface area contributed by atoms with E-state index in [1.165, 1.54) is 17.7 Å². The molecule has 13 rings (SSSR count). The topological polar surface area (TPSA) is 188 Å². The molecule has 0 bridgehead atoms. The molecular formula is C76H91BrCl8F7N7O9. The van der Waals surface area contributed by atoms with Gasteiger partial charge in [0.1, 0.15) is 17.2 Å². The summed E-state index contributed by atoms with van der Waals surface area (Å²) < 4.78 is 99.7. The predicted molar refractivity (Wildman–Crippen MR) is 415 cm³/mol. The molecule has 7 N–H and O–H groups in total. The first-order valence-electron chi connectivity index (χ1n) is 34.6. The van der Waals surface area contributed by atoms with Gasteiger partial charge in [-0.1, -0.05) is 109 Å². The van der Waals surface area contributed by atoms with Gasteiger partial charge in [0.2, 0.25) is 0 Å². The predicted octanol–water partition coefficient (Wildman–Crippen LogP) is 16.7. The fourth-order valence-electron chi connectivity index (χ4n) is 15.7. The summed E-state index contributed by atoms with van der Waals surface area (Å²) in [5.74, 6) is -0.653. The molecule has 13 atom stereocenters. The minimum absolute atomic E-state index is 0.00352. The number of nitrogens with zero attached hydrogens (tertiary/aromatic N) is 6. The highest BCUT2D eigenvalue weighted by Crippen LogP contribution is 2.48. The monoisotopic (exact) mass is 1740 g/mol. The van der Waals surface area contributed by atoms with Gasteiger partial charge in [0.15, 0.2) is 0 Å². The van der Waals surface area contributed by atoms with Gasteiger partial charge < -0.3 is 69.9 Å². The fourth-order valence-corrected chi connectivity index (χ4v) is 18.5. The Morgan fingerprint density at radius 3 is 1.28 bits per heavy atom. The number of likely N-dealkylation sites (N-methyl/N-ethyl adjacent to an activating group) is 5. The second-order valence-corrected chi connectivity index (χ2v) is 34.2. The Labute approximate surface area is 674 Å². The Balaban J connectivity index is 0.000000165. The SMILES string of the molecule is CC(C)(C)OC(=O)N[C@@H]1CCCN([C@@H]2c3cc(Cl)cc(Cl)c3C[C@H]2O)C1.CN(C)[C@@H]1c2cc(Cl)cc(Br)c2C[C@H]1O.CN(C)[C@@H]1c2cc(Cl)cc(C(F)(F)F)c2C[C@H]1O.CN(C)[C@@H]1c2cc(Cl)cc(Cl)c2C[C@H]1O.CN(C)[C@@H]1c2cc(Cl)cc(F)c2C[C@H]1O.CN(C)[C@@H]1c2cc(Cl)cc(OC(F)(F)F)c2C[C@H]1O. The molecule has 1 saturated heterocycles. The number of hydrogen-bond acceptors (Lipinski definition) is 15. The zero-order valence-electron chi connectivity index (χ0n) is 61.6. The third kappa shape index (κ3) is 22.0. The second-order valence-electron chi connectivity index (χ2n) is 30.0. The van der Waals surface area contributed by atoms with Crippen LogP contribution in [0.5, 0.6) is 5.75 Å². The first-order valence-corrected chi connectivity index (χ1v) is 38.4. The number of rotatable bonds is 8. The van der Waals surface area contributed by atoms with Crippen LogP contribution in [0.4, 0.5) is 35.5 Å². The van der Waals surface area contributed by atoms with Gasteiger partial charge in [-0.25, -0.2) is 9.18 Å². The number of amides is 1. The number of hydrogen-bond donors (Lipinski definition) is 7. The second kappa shape index (κ2) is 36.8. The number of aliphatic hydroxyl groups is 6. The normalized spacial score (nSPS) is 24.6. The van der Waals surface area contributed by atoms with Crippen molar-refractivity contribution in [3.05, 3.63) is 196 Å². The van der Waals surface area contributed by atoms with E-state index in [-0.39, 0.29) is 82.4 Å². The van der Waals surface area contributed by atoms with Crippen LogP contribution >= 0.6 is 109 Å². The summed E-state index contributed by atoms with van der Waals surface area (Å²) in [5, 5.41) is 67.0. The number of alkyl halides is 6. The van der Waals surface area contributed by atoms with Gasteiger partial charge in [-0.15, -0.1) is 13.2 Å². The van der Waals surface area contributed by atoms with Gasteiger partial charge in [-0.2, -0.15) is 13.2 Å². The Morgan fingerprint density at radius 2 is 0.824 bits per heavy atom. The van der Waals surface area contributed by atoms with E-state index in [1.54, 1.807) is 62.3 Å². The number of ether oxygens (including phenoxy) is 2. The van der Waals surface area contributed by atoms with Gasteiger partial charge >= 0.3 is 18.6 Å². The molecule has 0 radical (unpaired) electrons. The van der Waals surface area contributed by atoms with E-state index in [0.717, 1.165) is 69.4 Å². The molecule has 1 aliphatic heterocycles. The third-order valence-electron chi connectivity index (χ3n) is 19.7. The van der Waals surface area contributed by atoms with Crippen LogP contribution < -0.4 is 10.1 Å². The number of fused-ring (bicyclic) bond motifs is 6. The van der Waals surface area contributed by atoms with Crippen LogP contribution in [0.1, 0.15) is 142 Å². The lowest BCUT2D eigenvalue weighted by Gasteiger charge is -2.38. The van der Waals surface area contributed by atoms with Crippen LogP contribution in [0, 0.1) is 5.82 Å². The number of benzene rings is 6. The lowest BCUT2D eigenvalue weighted by molar-refractivity contribution is -0.274. The van der Waals surface area contributed by atoms with Gasteiger partial charge in [0.05, 0.1) is 78.4 Å². The van der Waals surface area contributed by atoms with E-state index in [0.29, 0.717) is 84.6 Å². The summed E-state index contributed by atoms with van der Waals surface area (Å²) in [6.07, 6.45) is -8.94. The maximum atomic E-state index is 13.5. The smallest absolute Gasteiger partial charge is 0.444 e. The van der Waals surface area contributed by atoms with E-state index < -0.39 is 66.4 Å². The highest BCUT2D eigenvalue weighted by atomic mass is 79.9. The van der Waals surface area contributed by atoms with Crippen molar-refractivity contribution in [1.29, 1.82) is 0 Å². The van der Waals surface area contributed by atoms with Crippen LogP contribution in [0.15, 0.2) is 77.3 Å². The van der Waals surface area contributed by atoms with Crippen molar-refractivity contribution in [2.24, 2.45) is 0 Å². The van der Waals surface area contributed by atoms with E-state index in [9.17, 15) is 66.2 Å². The molecule has 0 unspecified atom stereocenters. The highest BCUT2D eigenvalue weighted by molar-refractivity contribution is 9.10. The number of likely N-dealkylation sites (tertiary alicyclic amines) is 1. The maximum Gasteiger partial charge on any atom is 0.573 e. The van der Waals surface area contributed by atoms with Crippen LogP contribution in [0.25, 0.3) is 0 Å². The molecule has 596 valence electrons. The van der Waals surface area contributed by atoms with Crippen molar-refractivity contribution in [1.82, 2.24) is 34.7 Å². The largest absolute Gasteiger partial charge is 0.573 e. The van der Waals surface area contributed by atoms with Crippen LogP contribution in [0.3, 0.4) is 0 Å². The molecule has 1 amide bonds. The fraction of sp³-hybridized carbons (Fsp3) is 0.513. The van der Waals surface area contributed by atoms with Crippen LogP contribution in [-0.2, 0) is 49.4 Å². The minimum Gasteiger partial charge on any atom is -0.444 e. The van der Waals surface area contributed by atoms with Gasteiger partial charge in [-0.05, 0) is 245 Å². The molecule has 0 spiro atoms. The number of alkyl carbamates (subject to hydrolysis) is 1. The van der Waals surface area contributed by atoms with Gasteiger partial charge in [-0.3, -0.25) is 4.90 Å². The third-order valence-corrected chi connectivity index (χ3v) is 22.4. The zero-order valence-corrected chi connectivity index (χ0v) is 69.3. The van der Waals surface area contributed by atoms with Gasteiger partial charge in [0, 0.05) is 101 Å². The van der Waals surface area contributed by atoms with Gasteiger partial charge in [0.25, 0.3) is 0 Å². The molecule has 0 aromatic heterocycles. The lowest BCUT2D eigenvalue weighted by atomic mass is 9.99. The quantitative estimate of drug-likeness (QED) is 0.0713. The summed E-state index contributed by atoms with van der Waals surface area (Å²) in [7, 11) is 18.5. The average molecular weight is 1740 g/mol. The maximum absolute atomic E-state index is 13.5. The molecule has 108 heavy (non-hydrogen) atoms. The Bertz CT molecular complexity index is 4000. The molecule has 6 aliphatic carbocycles. The van der Waals surface area contributed by atoms with E-state index >= 15 is 0 Å². The molecule has 6 aromatic carbocycles. The van der Waals surface area contributed by atoms with E-state index in [1.807, 2.05) is 102 Å². The Hall–Kier alpha value is -3.78. The number of nitrogens with one attached hydrogen (secondary N) is 1. The van der Waals surface area contributed by atoms with Crippen molar-refractivity contribution >= 4 is 115 Å². The van der Waals surface area contributed by atoms with Crippen molar-refractivity contribution in [3.63, 3.8) is 0 Å². The summed E-state index contributed by atoms with van der Waals surface area (Å²) >= 11 is 51.4. The molecule has 1 heterocycles. The first kappa shape index (κ1) is 89.8. The van der Waals surface area contributed by atoms with Crippen molar-refractivity contribution in [2.75, 3.05) is 83.6 Å². The molecular weight excluding hydrogens is 1650 g/mol. The van der Waals surface area contributed by atoms with Crippen LogP contribution in [0.2, 0.25) is 40.2 Å². The Morgan fingerprint density at radius 1 is 0.472 bits per heavy atom. The first-order chi connectivity index (χ1) is 50.0. The van der Waals surface area contributed by atoms with E-state index in [4.69, 9.17) is 97.5 Å². The highest BCUT2D eigenvalue weighted by Gasteiger charge is 2.45. The summed E-state index contributed by atoms with van der Waals surface area (Å²) in [6, 6.07) is 18.1. The number of carbonyl (C=O) groups excluding carboxylic acids is 1. The average Bonchev–Trinajstić information content (AvgIpc) is 1.65. The summed E-state index contributed by atoms with van der Waals surface area (Å²) in [6.45, 7) is 7.06. The molecule has 32 heteroatoms. The minimum atomic E-state index is -4.78. The molecule has 6 aromatic rings. The molecule has 16 nitrogen and oxygen atoms in total. The zero-order chi connectivity index (χ0) is 80.6. The summed E-state index contributed by atoms with van der Waals surface area (Å²) in [5.41, 5.74) is 8.00. The molecule has 7 aliphatic rings. The number of halogens is 16. The number of carbonyl (C=O) groups is 1. The summed E-state index contributed by atoms with van der Waals surface area (Å²) in [4.78, 5) is 23.6. The van der Waals surface area contributed by atoms with Crippen LogP contribution in [-0.4, -0.2) is 204 Å². The molecule has 0 saturated carbocycles. The van der Waals surface area contributed by atoms with E-state index in [2.05, 4.69) is 30.9 Å². The Kier molecular flexibility index (Phi) is 30.6. The lowest BCUT2D eigenvalue weighted by Crippen LogP contribution is -2.50. The standard InChI is InChI=1S/C19H26Cl2N2O3.C12H13ClF3NO2.C12H13ClF3NO.C11H13BrClNO.C11H13Cl2NO.C11H13ClFNO/c1-19(2,3)26-18(25)22-12-5-4-6-23(10-12)17-14-7-11(20)8-15(21)13(14)9-16(17)24;1-17(2)11-8-3-6(13)4-10(19-12(14,15)16)7(8)5-9(11)18;1-17(2)11-8-3-6(13)4-9(12(14,15)16)7(8)5-10(11)18;1-14(2)11-8-3-6(13)4-9(12)7(8)5-10(11)15;2*1-14(2)11-8-3-6(12)4-9(13)7(8)5-10(11)15/h7-8,12,16-17,24H,4-6,9-10H2,1-3H3,(H,22,25);3-4,9,11,18H,5H2,1-2H3;3-4,10-11,18H,5H2,1-2H3;3*3-4,10-11,15H,5H2,1-2H3/t12-,16-,17-;9-,11-;4*10-,11-/m111111/s1. The number of aliphatic hydroxyl groups excluding tert-OH is 6. The molecule has 1 fully saturated rings. The van der Waals surface area contributed by atoms with Crippen molar-refractivity contribution < 1.29 is 75.6 Å². The number of piperidine rings is 1. The van der Waals surface area contributed by atoms with Crippen molar-refractivity contribution in [3.8, 4) is 5.75 Å². The van der Waals surface area contributed by atoms with Crippen molar-refractivity contribution in [2.45, 2.75) is 169 Å².